The minimum absolute atomic E-state index is 0.338. The summed E-state index contributed by atoms with van der Waals surface area (Å²) in [5, 5.41) is 10.8. The molecule has 1 N–H and O–H groups in total. The maximum Gasteiger partial charge on any atom is 0.416 e. The molecule has 1 fully saturated rings. The Morgan fingerprint density at radius 3 is 2.48 bits per heavy atom. The van der Waals surface area contributed by atoms with Crippen LogP contribution in [0.5, 0.6) is 0 Å². The maximum atomic E-state index is 12.8. The molecule has 3 nitrogen and oxygen atoms in total. The summed E-state index contributed by atoms with van der Waals surface area (Å²) in [4.78, 5) is 2.13. The second kappa shape index (κ2) is 6.02. The zero-order valence-electron chi connectivity index (χ0n) is 12.5. The third kappa shape index (κ3) is 3.59. The van der Waals surface area contributed by atoms with Gasteiger partial charge in [0.1, 0.15) is 5.76 Å². The molecule has 0 bridgehead atoms. The van der Waals surface area contributed by atoms with Crippen LogP contribution in [0.25, 0.3) is 0 Å². The van der Waals surface area contributed by atoms with Crippen molar-refractivity contribution in [3.05, 3.63) is 59.5 Å². The third-order valence-electron chi connectivity index (χ3n) is 4.37. The Kier molecular flexibility index (Phi) is 4.21. The highest BCUT2D eigenvalue weighted by Crippen LogP contribution is 2.36. The summed E-state index contributed by atoms with van der Waals surface area (Å²) < 4.78 is 43.8. The maximum absolute atomic E-state index is 12.8. The number of aliphatic hydroxyl groups is 1. The average Bonchev–Trinajstić information content (AvgIpc) is 3.02. The fourth-order valence-electron chi connectivity index (χ4n) is 2.98. The highest BCUT2D eigenvalue weighted by Gasteiger charge is 2.37. The molecule has 0 spiro atoms. The van der Waals surface area contributed by atoms with Crippen molar-refractivity contribution in [3.8, 4) is 0 Å². The minimum atomic E-state index is -4.40. The quantitative estimate of drug-likeness (QED) is 0.933. The van der Waals surface area contributed by atoms with Crippen LogP contribution in [0.2, 0.25) is 0 Å². The molecule has 1 saturated heterocycles. The van der Waals surface area contributed by atoms with E-state index in [1.54, 1.807) is 12.3 Å². The first-order valence-electron chi connectivity index (χ1n) is 7.52. The molecule has 2 aromatic rings. The Hall–Kier alpha value is -1.79. The Labute approximate surface area is 132 Å². The molecule has 1 aliphatic heterocycles. The lowest BCUT2D eigenvalue weighted by Crippen LogP contribution is -2.42. The number of likely N-dealkylation sites (tertiary alicyclic amines) is 1. The van der Waals surface area contributed by atoms with Gasteiger partial charge in [-0.05, 0) is 42.7 Å². The van der Waals surface area contributed by atoms with Crippen LogP contribution in [-0.2, 0) is 18.3 Å². The average molecular weight is 325 g/mol. The van der Waals surface area contributed by atoms with E-state index in [4.69, 9.17) is 4.42 Å². The van der Waals surface area contributed by atoms with Crippen LogP contribution in [0.3, 0.4) is 0 Å². The van der Waals surface area contributed by atoms with Gasteiger partial charge in [0, 0.05) is 13.1 Å². The van der Waals surface area contributed by atoms with E-state index in [0.717, 1.165) is 17.9 Å². The normalized spacial score (nSPS) is 19.0. The Morgan fingerprint density at radius 2 is 1.87 bits per heavy atom. The number of benzene rings is 1. The summed E-state index contributed by atoms with van der Waals surface area (Å²) in [6, 6.07) is 8.70. The molecule has 2 heterocycles. The lowest BCUT2D eigenvalue weighted by molar-refractivity contribution is -0.137. The van der Waals surface area contributed by atoms with Crippen LogP contribution >= 0.6 is 0 Å². The van der Waals surface area contributed by atoms with Crippen LogP contribution in [-0.4, -0.2) is 23.1 Å². The summed E-state index contributed by atoms with van der Waals surface area (Å²) in [7, 11) is 0. The Balaban J connectivity index is 1.69. The van der Waals surface area contributed by atoms with Crippen molar-refractivity contribution in [3.63, 3.8) is 0 Å². The van der Waals surface area contributed by atoms with Gasteiger partial charge >= 0.3 is 6.18 Å². The molecule has 1 aliphatic rings. The van der Waals surface area contributed by atoms with Crippen molar-refractivity contribution < 1.29 is 22.7 Å². The number of piperidine rings is 1. The fraction of sp³-hybridized carbons (Fsp3) is 0.412. The summed E-state index contributed by atoms with van der Waals surface area (Å²) in [5.41, 5.74) is -1.59. The number of hydrogen-bond acceptors (Lipinski definition) is 3. The van der Waals surface area contributed by atoms with Gasteiger partial charge in [-0.2, -0.15) is 13.2 Å². The van der Waals surface area contributed by atoms with E-state index in [1.165, 1.54) is 6.07 Å². The van der Waals surface area contributed by atoms with E-state index in [0.29, 0.717) is 38.0 Å². The lowest BCUT2D eigenvalue weighted by Gasteiger charge is -2.38. The van der Waals surface area contributed by atoms with Crippen molar-refractivity contribution in [2.24, 2.45) is 0 Å². The van der Waals surface area contributed by atoms with E-state index < -0.39 is 17.3 Å². The molecule has 3 rings (SSSR count). The molecule has 0 amide bonds. The smallest absolute Gasteiger partial charge is 0.416 e. The second-order valence-electron chi connectivity index (χ2n) is 5.97. The van der Waals surface area contributed by atoms with E-state index in [9.17, 15) is 18.3 Å². The van der Waals surface area contributed by atoms with Crippen LogP contribution < -0.4 is 0 Å². The van der Waals surface area contributed by atoms with Crippen molar-refractivity contribution >= 4 is 0 Å². The van der Waals surface area contributed by atoms with Crippen LogP contribution in [0, 0.1) is 0 Å². The molecule has 0 saturated carbocycles. The topological polar surface area (TPSA) is 36.6 Å². The van der Waals surface area contributed by atoms with Gasteiger partial charge in [0.2, 0.25) is 0 Å². The van der Waals surface area contributed by atoms with Crippen LogP contribution in [0.1, 0.15) is 29.7 Å². The zero-order valence-corrected chi connectivity index (χ0v) is 12.5. The predicted octanol–water partition coefficient (Wildman–Crippen LogP) is 3.78. The number of furan rings is 1. The van der Waals surface area contributed by atoms with Gasteiger partial charge in [0.15, 0.2) is 0 Å². The first-order chi connectivity index (χ1) is 10.9. The number of halogens is 3. The predicted molar refractivity (Wildman–Crippen MR) is 78.6 cm³/mol. The molecule has 0 atom stereocenters. The molecule has 6 heteroatoms. The molecular formula is C17H18F3NO2. The van der Waals surface area contributed by atoms with Crippen LogP contribution in [0.4, 0.5) is 13.2 Å². The number of nitrogens with zero attached hydrogens (tertiary/aromatic N) is 1. The SMILES string of the molecule is OC1(c2cccc(C(F)(F)F)c2)CCN(Cc2ccco2)CC1. The first kappa shape index (κ1) is 16.1. The van der Waals surface area contributed by atoms with Crippen molar-refractivity contribution in [1.82, 2.24) is 4.90 Å². The molecule has 1 aromatic carbocycles. The van der Waals surface area contributed by atoms with Gasteiger partial charge in [-0.25, -0.2) is 0 Å². The lowest BCUT2D eigenvalue weighted by atomic mass is 9.83. The summed E-state index contributed by atoms with van der Waals surface area (Å²) in [6.45, 7) is 1.85. The van der Waals surface area contributed by atoms with Gasteiger partial charge in [-0.15, -0.1) is 0 Å². The van der Waals surface area contributed by atoms with E-state index in [1.807, 2.05) is 12.1 Å². The first-order valence-corrected chi connectivity index (χ1v) is 7.52. The molecular weight excluding hydrogens is 307 g/mol. The molecule has 0 unspecified atom stereocenters. The van der Waals surface area contributed by atoms with Crippen molar-refractivity contribution in [2.75, 3.05) is 13.1 Å². The number of alkyl halides is 3. The molecule has 1 aromatic heterocycles. The van der Waals surface area contributed by atoms with Crippen LogP contribution in [0.15, 0.2) is 47.1 Å². The standard InChI is InChI=1S/C17H18F3NO2/c18-17(19,20)14-4-1-3-13(11-14)16(22)6-8-21(9-7-16)12-15-5-2-10-23-15/h1-5,10-11,22H,6-9,12H2. The van der Waals surface area contributed by atoms with E-state index in [-0.39, 0.29) is 0 Å². The largest absolute Gasteiger partial charge is 0.468 e. The van der Waals surface area contributed by atoms with E-state index in [2.05, 4.69) is 4.90 Å². The third-order valence-corrected chi connectivity index (χ3v) is 4.37. The van der Waals surface area contributed by atoms with E-state index >= 15 is 0 Å². The monoisotopic (exact) mass is 325 g/mol. The van der Waals surface area contributed by atoms with Gasteiger partial charge in [0.05, 0.1) is 24.0 Å². The van der Waals surface area contributed by atoms with Crippen molar-refractivity contribution in [1.29, 1.82) is 0 Å². The Morgan fingerprint density at radius 1 is 1.13 bits per heavy atom. The molecule has 23 heavy (non-hydrogen) atoms. The fourth-order valence-corrected chi connectivity index (χ4v) is 2.98. The minimum Gasteiger partial charge on any atom is -0.468 e. The van der Waals surface area contributed by atoms with Gasteiger partial charge in [-0.1, -0.05) is 12.1 Å². The Bertz CT molecular complexity index is 644. The number of rotatable bonds is 3. The van der Waals surface area contributed by atoms with Gasteiger partial charge in [-0.3, -0.25) is 4.90 Å². The highest BCUT2D eigenvalue weighted by molar-refractivity contribution is 5.30. The zero-order chi connectivity index (χ0) is 16.5. The summed E-state index contributed by atoms with van der Waals surface area (Å²) in [6.07, 6.45) is -1.99. The molecule has 0 aliphatic carbocycles. The second-order valence-corrected chi connectivity index (χ2v) is 5.97. The summed E-state index contributed by atoms with van der Waals surface area (Å²) >= 11 is 0. The van der Waals surface area contributed by atoms with Crippen molar-refractivity contribution in [2.45, 2.75) is 31.2 Å². The van der Waals surface area contributed by atoms with Gasteiger partial charge < -0.3 is 9.52 Å². The molecule has 124 valence electrons. The number of hydrogen-bond donors (Lipinski definition) is 1. The van der Waals surface area contributed by atoms with Gasteiger partial charge in [0.25, 0.3) is 0 Å². The molecule has 0 radical (unpaired) electrons. The summed E-state index contributed by atoms with van der Waals surface area (Å²) in [5.74, 6) is 0.842. The highest BCUT2D eigenvalue weighted by atomic mass is 19.4.